The van der Waals surface area contributed by atoms with Gasteiger partial charge in [0.2, 0.25) is 5.91 Å². The maximum absolute atomic E-state index is 12.8. The first kappa shape index (κ1) is 20.3. The number of hydrogen-bond acceptors (Lipinski definition) is 3. The third-order valence-electron chi connectivity index (χ3n) is 5.29. The first-order valence-electron chi connectivity index (χ1n) is 10.1. The number of rotatable bonds is 6. The van der Waals surface area contributed by atoms with Crippen LogP contribution in [0, 0.1) is 0 Å². The van der Waals surface area contributed by atoms with Crippen LogP contribution in [0.3, 0.4) is 0 Å². The van der Waals surface area contributed by atoms with E-state index in [1.165, 1.54) is 16.8 Å². The molecule has 1 atom stereocenters. The fourth-order valence-corrected chi connectivity index (χ4v) is 3.59. The third kappa shape index (κ3) is 4.64. The van der Waals surface area contributed by atoms with Crippen molar-refractivity contribution < 1.29 is 4.79 Å². The van der Waals surface area contributed by atoms with Crippen molar-refractivity contribution in [1.82, 2.24) is 14.5 Å². The molecule has 0 saturated heterocycles. The smallest absolute Gasteiger partial charge is 0.331 e. The van der Waals surface area contributed by atoms with Gasteiger partial charge in [-0.2, -0.15) is 0 Å². The summed E-state index contributed by atoms with van der Waals surface area (Å²) < 4.78 is 2.39. The van der Waals surface area contributed by atoms with Crippen LogP contribution in [0.15, 0.2) is 94.6 Å². The summed E-state index contributed by atoms with van der Waals surface area (Å²) in [6, 6.07) is 24.5. The monoisotopic (exact) mass is 413 g/mol. The van der Waals surface area contributed by atoms with Gasteiger partial charge in [0.1, 0.15) is 6.54 Å². The van der Waals surface area contributed by atoms with Crippen LogP contribution in [0.2, 0.25) is 0 Å². The lowest BCUT2D eigenvalue weighted by atomic mass is 10.0. The third-order valence-corrected chi connectivity index (χ3v) is 5.29. The summed E-state index contributed by atoms with van der Waals surface area (Å²) in [6.45, 7) is 1.88. The molecule has 156 valence electrons. The number of aromatic nitrogens is 2. The number of hydrogen-bond donors (Lipinski definition) is 1. The molecule has 1 unspecified atom stereocenters. The van der Waals surface area contributed by atoms with Gasteiger partial charge in [-0.3, -0.25) is 18.7 Å². The van der Waals surface area contributed by atoms with E-state index in [0.717, 1.165) is 26.5 Å². The molecule has 0 fully saturated rings. The highest BCUT2D eigenvalue weighted by atomic mass is 16.2. The van der Waals surface area contributed by atoms with Gasteiger partial charge in [0, 0.05) is 12.3 Å². The van der Waals surface area contributed by atoms with Crippen LogP contribution in [0.4, 0.5) is 0 Å². The number of fused-ring (bicyclic) bond motifs is 1. The quantitative estimate of drug-likeness (QED) is 0.528. The van der Waals surface area contributed by atoms with Crippen molar-refractivity contribution in [1.29, 1.82) is 0 Å². The molecule has 1 aromatic heterocycles. The van der Waals surface area contributed by atoms with Gasteiger partial charge < -0.3 is 5.32 Å². The van der Waals surface area contributed by atoms with E-state index in [0.29, 0.717) is 6.54 Å². The Morgan fingerprint density at radius 3 is 2.39 bits per heavy atom. The predicted octanol–water partition coefficient (Wildman–Crippen LogP) is 3.09. The number of nitrogens with one attached hydrogen (secondary N) is 1. The van der Waals surface area contributed by atoms with E-state index in [2.05, 4.69) is 5.32 Å². The fourth-order valence-electron chi connectivity index (χ4n) is 3.59. The van der Waals surface area contributed by atoms with Gasteiger partial charge in [-0.1, -0.05) is 66.7 Å². The number of carbonyl (C=O) groups is 1. The Labute approximate surface area is 179 Å². The van der Waals surface area contributed by atoms with Gasteiger partial charge in [-0.15, -0.1) is 0 Å². The number of nitrogens with zero attached hydrogens (tertiary/aromatic N) is 2. The number of benzene rings is 3. The Morgan fingerprint density at radius 1 is 0.903 bits per heavy atom. The van der Waals surface area contributed by atoms with Crippen molar-refractivity contribution in [2.75, 3.05) is 0 Å². The van der Waals surface area contributed by atoms with E-state index in [9.17, 15) is 14.4 Å². The maximum Gasteiger partial charge on any atom is 0.331 e. The Kier molecular flexibility index (Phi) is 5.80. The van der Waals surface area contributed by atoms with E-state index >= 15 is 0 Å². The maximum atomic E-state index is 12.8. The van der Waals surface area contributed by atoms with Crippen LogP contribution < -0.4 is 16.6 Å². The van der Waals surface area contributed by atoms with E-state index in [-0.39, 0.29) is 12.6 Å². The highest BCUT2D eigenvalue weighted by Gasteiger charge is 2.14. The number of amides is 1. The topological polar surface area (TPSA) is 73.1 Å². The summed E-state index contributed by atoms with van der Waals surface area (Å²) >= 11 is 0. The van der Waals surface area contributed by atoms with E-state index in [1.807, 2.05) is 79.7 Å². The molecule has 0 aliphatic carbocycles. The molecule has 4 rings (SSSR count). The molecule has 1 heterocycles. The van der Waals surface area contributed by atoms with E-state index < -0.39 is 17.2 Å². The van der Waals surface area contributed by atoms with Crippen molar-refractivity contribution in [3.63, 3.8) is 0 Å². The average Bonchev–Trinajstić information content (AvgIpc) is 2.79. The molecule has 0 aliphatic heterocycles. The second-order valence-electron chi connectivity index (χ2n) is 7.53. The van der Waals surface area contributed by atoms with Crippen LogP contribution in [-0.4, -0.2) is 15.0 Å². The first-order valence-corrected chi connectivity index (χ1v) is 10.1. The van der Waals surface area contributed by atoms with Crippen molar-refractivity contribution in [3.8, 4) is 0 Å². The summed E-state index contributed by atoms with van der Waals surface area (Å²) in [6.07, 6.45) is 1.46. The average molecular weight is 413 g/mol. The van der Waals surface area contributed by atoms with Crippen molar-refractivity contribution >= 4 is 16.7 Å². The van der Waals surface area contributed by atoms with E-state index in [1.54, 1.807) is 0 Å². The molecule has 1 amide bonds. The highest BCUT2D eigenvalue weighted by molar-refractivity contribution is 5.83. The van der Waals surface area contributed by atoms with Crippen LogP contribution in [0.1, 0.15) is 24.1 Å². The Hall–Kier alpha value is -3.93. The minimum atomic E-state index is -0.509. The van der Waals surface area contributed by atoms with Gasteiger partial charge in [0.05, 0.1) is 12.6 Å². The van der Waals surface area contributed by atoms with Crippen molar-refractivity contribution in [2.24, 2.45) is 0 Å². The highest BCUT2D eigenvalue weighted by Crippen LogP contribution is 2.20. The zero-order valence-corrected chi connectivity index (χ0v) is 17.2. The second kappa shape index (κ2) is 8.83. The van der Waals surface area contributed by atoms with Crippen LogP contribution >= 0.6 is 0 Å². The van der Waals surface area contributed by atoms with Crippen molar-refractivity contribution in [3.05, 3.63) is 117 Å². The lowest BCUT2D eigenvalue weighted by molar-refractivity contribution is -0.122. The van der Waals surface area contributed by atoms with Gasteiger partial charge in [-0.05, 0) is 34.9 Å². The number of carbonyl (C=O) groups excluding carboxylic acids is 1. The predicted molar refractivity (Wildman–Crippen MR) is 121 cm³/mol. The summed E-state index contributed by atoms with van der Waals surface area (Å²) in [5.41, 5.74) is 0.880. The van der Waals surface area contributed by atoms with Crippen molar-refractivity contribution in [2.45, 2.75) is 26.1 Å². The van der Waals surface area contributed by atoms with E-state index in [4.69, 9.17) is 0 Å². The minimum absolute atomic E-state index is 0.261. The first-order chi connectivity index (χ1) is 15.0. The summed E-state index contributed by atoms with van der Waals surface area (Å²) in [4.78, 5) is 37.6. The molecule has 0 bridgehead atoms. The Balaban J connectivity index is 1.50. The molecule has 3 aromatic carbocycles. The summed E-state index contributed by atoms with van der Waals surface area (Å²) in [5.74, 6) is -0.391. The van der Waals surface area contributed by atoms with Gasteiger partial charge in [0.25, 0.3) is 5.56 Å². The Morgan fingerprint density at radius 2 is 1.61 bits per heavy atom. The zero-order chi connectivity index (χ0) is 21.8. The zero-order valence-electron chi connectivity index (χ0n) is 17.2. The molecule has 1 N–H and O–H groups in total. The summed E-state index contributed by atoms with van der Waals surface area (Å²) in [7, 11) is 0. The standard InChI is InChI=1S/C25H23N3O3/c1-18(21-12-11-20-9-5-6-10-22(20)15-21)26-23(29)17-28-24(30)13-14-27(25(28)31)16-19-7-3-2-4-8-19/h2-15,18H,16-17H2,1H3,(H,26,29). The van der Waals surface area contributed by atoms with Gasteiger partial charge in [0.15, 0.2) is 0 Å². The minimum Gasteiger partial charge on any atom is -0.348 e. The van der Waals surface area contributed by atoms with Crippen LogP contribution in [-0.2, 0) is 17.9 Å². The van der Waals surface area contributed by atoms with Crippen LogP contribution in [0.5, 0.6) is 0 Å². The normalized spacial score (nSPS) is 11.9. The molecule has 0 saturated carbocycles. The second-order valence-corrected chi connectivity index (χ2v) is 7.53. The molecule has 4 aromatic rings. The lowest BCUT2D eigenvalue weighted by Gasteiger charge is -2.16. The molecule has 0 radical (unpaired) electrons. The molecule has 6 heteroatoms. The molecular weight excluding hydrogens is 390 g/mol. The molecule has 0 spiro atoms. The van der Waals surface area contributed by atoms with Gasteiger partial charge in [-0.25, -0.2) is 4.79 Å². The van der Waals surface area contributed by atoms with Crippen LogP contribution in [0.25, 0.3) is 10.8 Å². The molecule has 0 aliphatic rings. The molecule has 31 heavy (non-hydrogen) atoms. The fraction of sp³-hybridized carbons (Fsp3) is 0.160. The lowest BCUT2D eigenvalue weighted by Crippen LogP contribution is -2.43. The molecule has 6 nitrogen and oxygen atoms in total. The Bertz CT molecular complexity index is 1340. The van der Waals surface area contributed by atoms with Gasteiger partial charge >= 0.3 is 5.69 Å². The largest absolute Gasteiger partial charge is 0.348 e. The summed E-state index contributed by atoms with van der Waals surface area (Å²) in [5, 5.41) is 5.10. The molecular formula is C25H23N3O3. The SMILES string of the molecule is CC(NC(=O)Cn1c(=O)ccn(Cc2ccccc2)c1=O)c1ccc2ccccc2c1.